The van der Waals surface area contributed by atoms with E-state index in [2.05, 4.69) is 11.9 Å². The average molecular weight is 187 g/mol. The molecule has 0 aromatic rings. The Balaban J connectivity index is 2.65. The third kappa shape index (κ3) is 2.09. The van der Waals surface area contributed by atoms with Gasteiger partial charge < -0.3 is 10.1 Å². The minimum atomic E-state index is -1.23. The van der Waals surface area contributed by atoms with Gasteiger partial charge >= 0.3 is 0 Å². The SMILES string of the molecule is C=C(COC)C1(F)CCNCC1C. The van der Waals surface area contributed by atoms with Gasteiger partial charge in [-0.25, -0.2) is 4.39 Å². The van der Waals surface area contributed by atoms with Crippen LogP contribution in [0.4, 0.5) is 4.39 Å². The normalized spacial score (nSPS) is 34.5. The van der Waals surface area contributed by atoms with Crippen LogP contribution in [0.2, 0.25) is 0 Å². The molecule has 2 unspecified atom stereocenters. The van der Waals surface area contributed by atoms with Crippen LogP contribution >= 0.6 is 0 Å². The Kier molecular flexibility index (Phi) is 3.45. The van der Waals surface area contributed by atoms with E-state index in [1.165, 1.54) is 0 Å². The van der Waals surface area contributed by atoms with Gasteiger partial charge in [0.15, 0.2) is 0 Å². The summed E-state index contributed by atoms with van der Waals surface area (Å²) in [5.74, 6) is -0.0103. The van der Waals surface area contributed by atoms with Gasteiger partial charge in [-0.15, -0.1) is 0 Å². The Morgan fingerprint density at radius 2 is 2.46 bits per heavy atom. The summed E-state index contributed by atoms with van der Waals surface area (Å²) in [5.41, 5.74) is -0.662. The Morgan fingerprint density at radius 1 is 1.77 bits per heavy atom. The summed E-state index contributed by atoms with van der Waals surface area (Å²) in [6.07, 6.45) is 0.510. The molecule has 2 atom stereocenters. The fourth-order valence-electron chi connectivity index (χ4n) is 1.82. The number of rotatable bonds is 3. The van der Waals surface area contributed by atoms with E-state index in [1.54, 1.807) is 7.11 Å². The van der Waals surface area contributed by atoms with E-state index in [4.69, 9.17) is 4.74 Å². The lowest BCUT2D eigenvalue weighted by molar-refractivity contribution is 0.0762. The lowest BCUT2D eigenvalue weighted by Crippen LogP contribution is -2.47. The topological polar surface area (TPSA) is 21.3 Å². The Bertz CT molecular complexity index is 195. The molecule has 76 valence electrons. The van der Waals surface area contributed by atoms with Gasteiger partial charge in [0.05, 0.1) is 6.61 Å². The van der Waals surface area contributed by atoms with Gasteiger partial charge in [0.25, 0.3) is 0 Å². The van der Waals surface area contributed by atoms with Gasteiger partial charge in [0, 0.05) is 19.6 Å². The Morgan fingerprint density at radius 3 is 3.00 bits per heavy atom. The lowest BCUT2D eigenvalue weighted by Gasteiger charge is -2.37. The smallest absolute Gasteiger partial charge is 0.138 e. The minimum Gasteiger partial charge on any atom is -0.380 e. The zero-order valence-corrected chi connectivity index (χ0v) is 8.40. The molecule has 1 rings (SSSR count). The van der Waals surface area contributed by atoms with E-state index < -0.39 is 5.67 Å². The first-order valence-corrected chi connectivity index (χ1v) is 4.68. The fraction of sp³-hybridized carbons (Fsp3) is 0.800. The van der Waals surface area contributed by atoms with Crippen molar-refractivity contribution in [1.82, 2.24) is 5.32 Å². The first-order valence-electron chi connectivity index (χ1n) is 4.68. The van der Waals surface area contributed by atoms with Crippen LogP contribution in [-0.2, 0) is 4.74 Å². The van der Waals surface area contributed by atoms with Crippen molar-refractivity contribution in [3.8, 4) is 0 Å². The lowest BCUT2D eigenvalue weighted by atomic mass is 9.79. The largest absolute Gasteiger partial charge is 0.380 e. The van der Waals surface area contributed by atoms with Crippen molar-refractivity contribution in [2.24, 2.45) is 5.92 Å². The summed E-state index contributed by atoms with van der Waals surface area (Å²) in [6, 6.07) is 0. The van der Waals surface area contributed by atoms with Gasteiger partial charge in [-0.2, -0.15) is 0 Å². The number of methoxy groups -OCH3 is 1. The number of ether oxygens (including phenoxy) is 1. The number of hydrogen-bond acceptors (Lipinski definition) is 2. The molecule has 3 heteroatoms. The highest BCUT2D eigenvalue weighted by Crippen LogP contribution is 2.34. The Labute approximate surface area is 79.2 Å². The zero-order chi connectivity index (χ0) is 9.90. The third-order valence-electron chi connectivity index (χ3n) is 2.80. The average Bonchev–Trinajstić information content (AvgIpc) is 2.11. The van der Waals surface area contributed by atoms with Crippen LogP contribution in [0.25, 0.3) is 0 Å². The van der Waals surface area contributed by atoms with Crippen molar-refractivity contribution < 1.29 is 9.13 Å². The molecule has 0 saturated carbocycles. The van der Waals surface area contributed by atoms with E-state index in [-0.39, 0.29) is 5.92 Å². The molecule has 13 heavy (non-hydrogen) atoms. The number of alkyl halides is 1. The van der Waals surface area contributed by atoms with Gasteiger partial charge in [-0.1, -0.05) is 13.5 Å². The zero-order valence-electron chi connectivity index (χ0n) is 8.40. The van der Waals surface area contributed by atoms with Crippen molar-refractivity contribution in [3.63, 3.8) is 0 Å². The molecule has 1 N–H and O–H groups in total. The van der Waals surface area contributed by atoms with E-state index >= 15 is 0 Å². The third-order valence-corrected chi connectivity index (χ3v) is 2.80. The predicted molar refractivity (Wildman–Crippen MR) is 51.5 cm³/mol. The van der Waals surface area contributed by atoms with Gasteiger partial charge in [-0.05, 0) is 18.5 Å². The second kappa shape index (κ2) is 4.20. The molecule has 0 bridgehead atoms. The van der Waals surface area contributed by atoms with E-state index in [0.717, 1.165) is 13.1 Å². The summed E-state index contributed by atoms with van der Waals surface area (Å²) in [5, 5.41) is 3.16. The maximum absolute atomic E-state index is 14.3. The number of hydrogen-bond donors (Lipinski definition) is 1. The molecule has 1 saturated heterocycles. The number of halogens is 1. The van der Waals surface area contributed by atoms with Crippen molar-refractivity contribution in [1.29, 1.82) is 0 Å². The molecule has 1 aliphatic heterocycles. The maximum Gasteiger partial charge on any atom is 0.138 e. The van der Waals surface area contributed by atoms with Crippen LogP contribution in [0, 0.1) is 5.92 Å². The van der Waals surface area contributed by atoms with Crippen LogP contribution in [0.5, 0.6) is 0 Å². The van der Waals surface area contributed by atoms with Crippen molar-refractivity contribution >= 4 is 0 Å². The molecule has 0 radical (unpaired) electrons. The molecule has 1 aliphatic rings. The molecule has 0 amide bonds. The van der Waals surface area contributed by atoms with Crippen LogP contribution in [0.3, 0.4) is 0 Å². The number of nitrogens with one attached hydrogen (secondary N) is 1. The molecule has 2 nitrogen and oxygen atoms in total. The quantitative estimate of drug-likeness (QED) is 0.676. The highest BCUT2D eigenvalue weighted by atomic mass is 19.1. The molecule has 0 aromatic heterocycles. The van der Waals surface area contributed by atoms with Crippen molar-refractivity contribution in [3.05, 3.63) is 12.2 Å². The Hall–Kier alpha value is -0.410. The molecule has 1 fully saturated rings. The van der Waals surface area contributed by atoms with Crippen LogP contribution in [0.1, 0.15) is 13.3 Å². The van der Waals surface area contributed by atoms with Crippen LogP contribution in [-0.4, -0.2) is 32.5 Å². The highest BCUT2D eigenvalue weighted by molar-refractivity contribution is 5.17. The maximum atomic E-state index is 14.3. The van der Waals surface area contributed by atoms with Crippen molar-refractivity contribution in [2.75, 3.05) is 26.8 Å². The van der Waals surface area contributed by atoms with Gasteiger partial charge in [0.2, 0.25) is 0 Å². The first kappa shape index (κ1) is 10.7. The van der Waals surface area contributed by atoms with Gasteiger partial charge in [0.1, 0.15) is 5.67 Å². The van der Waals surface area contributed by atoms with Crippen molar-refractivity contribution in [2.45, 2.75) is 19.0 Å². The predicted octanol–water partition coefficient (Wildman–Crippen LogP) is 1.53. The second-order valence-corrected chi connectivity index (χ2v) is 3.75. The second-order valence-electron chi connectivity index (χ2n) is 3.75. The van der Waals surface area contributed by atoms with Crippen LogP contribution in [0.15, 0.2) is 12.2 Å². The van der Waals surface area contributed by atoms with E-state index in [1.807, 2.05) is 6.92 Å². The minimum absolute atomic E-state index is 0.0103. The summed E-state index contributed by atoms with van der Waals surface area (Å²) >= 11 is 0. The standard InChI is InChI=1S/C10H18FNO/c1-8-6-12-5-4-10(8,11)9(2)7-13-3/h8,12H,2,4-7H2,1,3H3. The monoisotopic (exact) mass is 187 g/mol. The molecule has 0 aromatic carbocycles. The summed E-state index contributed by atoms with van der Waals surface area (Å²) < 4.78 is 19.2. The highest BCUT2D eigenvalue weighted by Gasteiger charge is 2.40. The molecular weight excluding hydrogens is 169 g/mol. The molecule has 0 spiro atoms. The van der Waals surface area contributed by atoms with Gasteiger partial charge in [-0.3, -0.25) is 0 Å². The molecule has 0 aliphatic carbocycles. The van der Waals surface area contributed by atoms with Crippen LogP contribution < -0.4 is 5.32 Å². The van der Waals surface area contributed by atoms with E-state index in [9.17, 15) is 4.39 Å². The van der Waals surface area contributed by atoms with E-state index in [0.29, 0.717) is 18.6 Å². The summed E-state index contributed by atoms with van der Waals surface area (Å²) in [4.78, 5) is 0. The fourth-order valence-corrected chi connectivity index (χ4v) is 1.82. The number of piperidine rings is 1. The summed E-state index contributed by atoms with van der Waals surface area (Å²) in [6.45, 7) is 7.44. The molecular formula is C10H18FNO. The molecule has 1 heterocycles. The summed E-state index contributed by atoms with van der Waals surface area (Å²) in [7, 11) is 1.57. The first-order chi connectivity index (χ1) is 6.11.